The van der Waals surface area contributed by atoms with Gasteiger partial charge in [0.1, 0.15) is 11.6 Å². The zero-order valence-electron chi connectivity index (χ0n) is 35.6. The standard InChI is InChI=1S/C55H37N4O.Pt/c1-36-27-29-37(30-28-36)39-31-32-56-48(35-39)47-34-40(33-46-44-20-9-12-24-50(44)58(54(46)47)41-17-6-3-7-18-41)43-22-14-25-51-53(43)57-55(45-21-10-13-26-52(45)60)59(51)49-23-11-8-19-42(49)38-15-4-2-5-16-38;/h2-33,35,60H,1H3;/q-1;/i1D3;. The van der Waals surface area contributed by atoms with Crippen molar-refractivity contribution >= 4 is 32.8 Å². The summed E-state index contributed by atoms with van der Waals surface area (Å²) in [5, 5.41) is 13.5. The van der Waals surface area contributed by atoms with Gasteiger partial charge in [-0.25, -0.2) is 4.98 Å². The summed E-state index contributed by atoms with van der Waals surface area (Å²) < 4.78 is 28.1. The van der Waals surface area contributed by atoms with Crippen LogP contribution in [0.2, 0.25) is 0 Å². The van der Waals surface area contributed by atoms with Gasteiger partial charge in [0.2, 0.25) is 0 Å². The van der Waals surface area contributed by atoms with Crippen LogP contribution in [0.1, 0.15) is 9.68 Å². The molecule has 8 aromatic carbocycles. The van der Waals surface area contributed by atoms with Crippen LogP contribution in [-0.4, -0.2) is 24.2 Å². The Morgan fingerprint density at radius 1 is 0.557 bits per heavy atom. The largest absolute Gasteiger partial charge is 0.507 e. The number of hydrogen-bond donors (Lipinski definition) is 1. The molecule has 0 saturated carbocycles. The van der Waals surface area contributed by atoms with E-state index in [4.69, 9.17) is 14.1 Å². The topological polar surface area (TPSA) is 55.9 Å². The van der Waals surface area contributed by atoms with Crippen molar-refractivity contribution in [2.45, 2.75) is 6.85 Å². The minimum absolute atomic E-state index is 0. The van der Waals surface area contributed by atoms with Crippen LogP contribution < -0.4 is 0 Å². The number of nitrogens with zero attached hydrogens (tertiary/aromatic N) is 4. The summed E-state index contributed by atoms with van der Waals surface area (Å²) >= 11 is 0. The Hall–Kier alpha value is -7.33. The minimum Gasteiger partial charge on any atom is -0.507 e. The quantitative estimate of drug-likeness (QED) is 0.162. The van der Waals surface area contributed by atoms with E-state index >= 15 is 0 Å². The predicted octanol–water partition coefficient (Wildman–Crippen LogP) is 13.7. The number of fused-ring (bicyclic) bond motifs is 4. The number of rotatable bonds is 7. The number of aromatic hydroxyl groups is 1. The van der Waals surface area contributed by atoms with E-state index in [9.17, 15) is 5.11 Å². The molecule has 0 unspecified atom stereocenters. The van der Waals surface area contributed by atoms with Gasteiger partial charge in [-0.1, -0.05) is 162 Å². The van der Waals surface area contributed by atoms with Crippen molar-refractivity contribution in [3.8, 4) is 73.2 Å². The summed E-state index contributed by atoms with van der Waals surface area (Å²) in [6.07, 6.45) is 1.80. The first-order chi connectivity index (χ1) is 30.8. The second kappa shape index (κ2) is 15.7. The van der Waals surface area contributed by atoms with E-state index in [1.165, 1.54) is 0 Å². The zero-order valence-corrected chi connectivity index (χ0v) is 34.9. The molecule has 0 bridgehead atoms. The molecule has 0 radical (unpaired) electrons. The van der Waals surface area contributed by atoms with Crippen molar-refractivity contribution in [3.05, 3.63) is 212 Å². The van der Waals surface area contributed by atoms with E-state index in [-0.39, 0.29) is 26.8 Å². The molecule has 11 rings (SSSR count). The summed E-state index contributed by atoms with van der Waals surface area (Å²) in [5.74, 6) is 0.746. The van der Waals surface area contributed by atoms with Crippen LogP contribution >= 0.6 is 0 Å². The Kier molecular flexibility index (Phi) is 8.88. The molecule has 5 nitrogen and oxygen atoms in total. The van der Waals surface area contributed by atoms with Crippen molar-refractivity contribution < 1.29 is 30.3 Å². The van der Waals surface area contributed by atoms with E-state index in [1.54, 1.807) is 24.4 Å². The first-order valence-corrected chi connectivity index (χ1v) is 19.9. The third-order valence-corrected chi connectivity index (χ3v) is 11.3. The predicted molar refractivity (Wildman–Crippen MR) is 246 cm³/mol. The fraction of sp³-hybridized carbons (Fsp3) is 0.0182. The summed E-state index contributed by atoms with van der Waals surface area (Å²) in [7, 11) is 0. The van der Waals surface area contributed by atoms with Crippen LogP contribution in [0.15, 0.2) is 200 Å². The van der Waals surface area contributed by atoms with Crippen LogP contribution in [0.5, 0.6) is 5.75 Å². The SMILES string of the molecule is [2H]C([2H])([2H])c1ccc(-c2ccnc(-c3[c-]c(-c4cccc5c4nc(-c4ccccc4O)n5-c4ccccc4-c4ccccc4)cc4c5ccccc5n(-c5ccccc5)c34)c2)cc1.[Pt]. The Bertz CT molecular complexity index is 3510. The maximum absolute atomic E-state index is 11.4. The van der Waals surface area contributed by atoms with Crippen LogP contribution in [0.4, 0.5) is 0 Å². The van der Waals surface area contributed by atoms with E-state index in [1.807, 2.05) is 84.9 Å². The molecule has 3 aromatic heterocycles. The third kappa shape index (κ3) is 6.55. The Morgan fingerprint density at radius 3 is 2.05 bits per heavy atom. The fourth-order valence-corrected chi connectivity index (χ4v) is 8.55. The molecule has 294 valence electrons. The molecule has 1 N–H and O–H groups in total. The number of phenolic OH excluding ortho intramolecular Hbond substituents is 1. The Labute approximate surface area is 372 Å². The summed E-state index contributed by atoms with van der Waals surface area (Å²) in [6.45, 7) is -2.19. The molecule has 0 saturated heterocycles. The van der Waals surface area contributed by atoms with Crippen molar-refractivity contribution in [2.24, 2.45) is 0 Å². The number of hydrogen-bond acceptors (Lipinski definition) is 3. The van der Waals surface area contributed by atoms with Gasteiger partial charge in [0.25, 0.3) is 0 Å². The molecule has 61 heavy (non-hydrogen) atoms. The van der Waals surface area contributed by atoms with E-state index in [0.29, 0.717) is 22.6 Å². The molecule has 0 atom stereocenters. The maximum atomic E-state index is 11.4. The Morgan fingerprint density at radius 2 is 1.25 bits per heavy atom. The molecule has 0 aliphatic rings. The average molecular weight is 968 g/mol. The van der Waals surface area contributed by atoms with Gasteiger partial charge in [-0.05, 0) is 83.0 Å². The average Bonchev–Trinajstić information content (AvgIpc) is 3.88. The number of aryl methyl sites for hydroxylation is 1. The maximum Gasteiger partial charge on any atom is 0.148 e. The van der Waals surface area contributed by atoms with E-state index in [0.717, 1.165) is 83.2 Å². The number of para-hydroxylation sites is 5. The number of phenols is 1. The van der Waals surface area contributed by atoms with Crippen LogP contribution in [0.25, 0.3) is 100 Å². The van der Waals surface area contributed by atoms with Gasteiger partial charge in [0.05, 0.1) is 22.3 Å². The Balaban J connectivity index is 0.00000484. The van der Waals surface area contributed by atoms with E-state index in [2.05, 4.69) is 106 Å². The molecular weight excluding hydrogens is 928 g/mol. The van der Waals surface area contributed by atoms with Crippen LogP contribution in [0.3, 0.4) is 0 Å². The molecule has 0 amide bonds. The van der Waals surface area contributed by atoms with Crippen LogP contribution in [0, 0.1) is 12.9 Å². The van der Waals surface area contributed by atoms with Gasteiger partial charge >= 0.3 is 0 Å². The first kappa shape index (κ1) is 34.5. The van der Waals surface area contributed by atoms with Gasteiger partial charge < -0.3 is 9.67 Å². The molecule has 6 heteroatoms. The van der Waals surface area contributed by atoms with Gasteiger partial charge in [-0.2, -0.15) is 0 Å². The monoisotopic (exact) mass is 967 g/mol. The van der Waals surface area contributed by atoms with Crippen molar-refractivity contribution in [1.82, 2.24) is 19.1 Å². The minimum atomic E-state index is -2.19. The summed E-state index contributed by atoms with van der Waals surface area (Å²) in [5.41, 5.74) is 13.6. The fourth-order valence-electron chi connectivity index (χ4n) is 8.55. The molecule has 0 fully saturated rings. The normalized spacial score (nSPS) is 12.2. The van der Waals surface area contributed by atoms with E-state index < -0.39 is 6.85 Å². The number of benzene rings is 8. The number of imidazole rings is 1. The molecule has 3 heterocycles. The van der Waals surface area contributed by atoms with Gasteiger partial charge in [0.15, 0.2) is 0 Å². The molecule has 0 spiro atoms. The van der Waals surface area contributed by atoms with Crippen molar-refractivity contribution in [1.29, 1.82) is 0 Å². The second-order valence-corrected chi connectivity index (χ2v) is 14.9. The number of aromatic nitrogens is 4. The molecule has 11 aromatic rings. The smallest absolute Gasteiger partial charge is 0.148 e. The van der Waals surface area contributed by atoms with Gasteiger partial charge in [0, 0.05) is 53.8 Å². The summed E-state index contributed by atoms with van der Waals surface area (Å²) in [6, 6.07) is 68.1. The van der Waals surface area contributed by atoms with Gasteiger partial charge in [-0.3, -0.25) is 9.55 Å². The first-order valence-electron chi connectivity index (χ1n) is 21.4. The molecule has 0 aliphatic heterocycles. The zero-order chi connectivity index (χ0) is 42.7. The van der Waals surface area contributed by atoms with Crippen molar-refractivity contribution in [3.63, 3.8) is 0 Å². The third-order valence-electron chi connectivity index (χ3n) is 11.3. The van der Waals surface area contributed by atoms with Gasteiger partial charge in [-0.15, -0.1) is 17.7 Å². The van der Waals surface area contributed by atoms with Crippen LogP contribution in [-0.2, 0) is 21.1 Å². The molecule has 0 aliphatic carbocycles. The summed E-state index contributed by atoms with van der Waals surface area (Å²) in [4.78, 5) is 10.4. The number of pyridine rings is 1. The molecular formula is C55H37N4OPt-. The van der Waals surface area contributed by atoms with Crippen molar-refractivity contribution in [2.75, 3.05) is 0 Å². The second-order valence-electron chi connectivity index (χ2n) is 14.9.